The molecule has 13 heavy (non-hydrogen) atoms. The lowest BCUT2D eigenvalue weighted by molar-refractivity contribution is 0.614. The third-order valence-electron chi connectivity index (χ3n) is 2.39. The average Bonchev–Trinajstić information content (AvgIpc) is 2.08. The van der Waals surface area contributed by atoms with Crippen LogP contribution in [0.5, 0.6) is 0 Å². The average molecular weight is 244 g/mol. The number of hydrogen-bond acceptors (Lipinski definition) is 1. The minimum absolute atomic E-state index is 0.194. The second-order valence-corrected chi connectivity index (χ2v) is 4.36. The van der Waals surface area contributed by atoms with E-state index in [0.717, 1.165) is 18.5 Å². The number of halogens is 2. The van der Waals surface area contributed by atoms with Gasteiger partial charge in [0.05, 0.1) is 4.47 Å². The molecule has 1 aromatic rings. The summed E-state index contributed by atoms with van der Waals surface area (Å²) in [6.07, 6.45) is 2.15. The van der Waals surface area contributed by atoms with Gasteiger partial charge in [-0.15, -0.1) is 0 Å². The predicted octanol–water partition coefficient (Wildman–Crippen LogP) is 3.33. The van der Waals surface area contributed by atoms with Crippen LogP contribution in [0.4, 0.5) is 10.1 Å². The molecule has 1 atom stereocenters. The van der Waals surface area contributed by atoms with Crippen LogP contribution in [0.25, 0.3) is 0 Å². The van der Waals surface area contributed by atoms with Crippen molar-refractivity contribution in [1.29, 1.82) is 0 Å². The van der Waals surface area contributed by atoms with E-state index in [1.54, 1.807) is 6.07 Å². The molecule has 1 heterocycles. The second kappa shape index (κ2) is 3.29. The summed E-state index contributed by atoms with van der Waals surface area (Å²) in [5.74, 6) is -0.194. The molecule has 1 aromatic carbocycles. The maximum atomic E-state index is 13.1. The largest absolute Gasteiger partial charge is 0.382 e. The number of anilines is 1. The Bertz CT molecular complexity index is 338. The first kappa shape index (κ1) is 9.00. The fourth-order valence-electron chi connectivity index (χ4n) is 1.64. The van der Waals surface area contributed by atoms with Gasteiger partial charge in [0.1, 0.15) is 5.82 Å². The Morgan fingerprint density at radius 3 is 3.08 bits per heavy atom. The van der Waals surface area contributed by atoms with Crippen LogP contribution >= 0.6 is 15.9 Å². The first-order chi connectivity index (χ1) is 6.16. The lowest BCUT2D eigenvalue weighted by atomic mass is 9.99. The highest BCUT2D eigenvalue weighted by atomic mass is 79.9. The molecule has 0 radical (unpaired) electrons. The van der Waals surface area contributed by atoms with Crippen LogP contribution in [0, 0.1) is 5.82 Å². The van der Waals surface area contributed by atoms with Gasteiger partial charge in [0.25, 0.3) is 0 Å². The molecule has 0 fully saturated rings. The monoisotopic (exact) mass is 243 g/mol. The maximum absolute atomic E-state index is 13.1. The van der Waals surface area contributed by atoms with Crippen molar-refractivity contribution in [2.75, 3.05) is 5.32 Å². The van der Waals surface area contributed by atoms with Gasteiger partial charge in [-0.3, -0.25) is 0 Å². The Morgan fingerprint density at radius 2 is 2.31 bits per heavy atom. The van der Waals surface area contributed by atoms with Crippen molar-refractivity contribution in [2.24, 2.45) is 0 Å². The van der Waals surface area contributed by atoms with Gasteiger partial charge in [-0.2, -0.15) is 0 Å². The van der Waals surface area contributed by atoms with Crippen molar-refractivity contribution in [3.63, 3.8) is 0 Å². The Hall–Kier alpha value is -0.570. The molecule has 1 nitrogen and oxygen atoms in total. The molecule has 0 aliphatic carbocycles. The van der Waals surface area contributed by atoms with Crippen LogP contribution in [0.1, 0.15) is 18.9 Å². The summed E-state index contributed by atoms with van der Waals surface area (Å²) in [4.78, 5) is 0. The smallest absolute Gasteiger partial charge is 0.139 e. The SMILES string of the molecule is CC1CCc2cc(Br)c(F)cc2N1. The van der Waals surface area contributed by atoms with Gasteiger partial charge in [0.15, 0.2) is 0 Å². The highest BCUT2D eigenvalue weighted by Crippen LogP contribution is 2.29. The molecular formula is C10H11BrFN. The molecule has 3 heteroatoms. The molecule has 0 spiro atoms. The first-order valence-corrected chi connectivity index (χ1v) is 5.20. The van der Waals surface area contributed by atoms with E-state index >= 15 is 0 Å². The lowest BCUT2D eigenvalue weighted by Crippen LogP contribution is -2.22. The molecule has 0 bridgehead atoms. The van der Waals surface area contributed by atoms with E-state index in [1.165, 1.54) is 5.56 Å². The molecule has 0 saturated heterocycles. The van der Waals surface area contributed by atoms with E-state index in [2.05, 4.69) is 28.2 Å². The van der Waals surface area contributed by atoms with Crippen LogP contribution in [0.2, 0.25) is 0 Å². The molecule has 0 saturated carbocycles. The molecule has 0 amide bonds. The summed E-state index contributed by atoms with van der Waals surface area (Å²) in [7, 11) is 0. The van der Waals surface area contributed by atoms with Gasteiger partial charge in [-0.05, 0) is 53.4 Å². The molecule has 1 unspecified atom stereocenters. The number of benzene rings is 1. The maximum Gasteiger partial charge on any atom is 0.139 e. The second-order valence-electron chi connectivity index (χ2n) is 3.51. The van der Waals surface area contributed by atoms with Crippen molar-refractivity contribution in [3.05, 3.63) is 28.0 Å². The van der Waals surface area contributed by atoms with Crippen LogP contribution in [0.3, 0.4) is 0 Å². The summed E-state index contributed by atoms with van der Waals surface area (Å²) >= 11 is 3.19. The third-order valence-corrected chi connectivity index (χ3v) is 3.00. The van der Waals surface area contributed by atoms with E-state index in [1.807, 2.05) is 6.07 Å². The van der Waals surface area contributed by atoms with Crippen LogP contribution in [0.15, 0.2) is 16.6 Å². The number of fused-ring (bicyclic) bond motifs is 1. The molecular weight excluding hydrogens is 233 g/mol. The number of nitrogens with one attached hydrogen (secondary N) is 1. The zero-order chi connectivity index (χ0) is 9.42. The molecule has 2 rings (SSSR count). The summed E-state index contributed by atoms with van der Waals surface area (Å²) in [5, 5.41) is 3.27. The zero-order valence-electron chi connectivity index (χ0n) is 7.40. The Labute approximate surface area is 85.5 Å². The number of aryl methyl sites for hydroxylation is 1. The van der Waals surface area contributed by atoms with Crippen LogP contribution in [-0.2, 0) is 6.42 Å². The normalized spacial score (nSPS) is 20.7. The van der Waals surface area contributed by atoms with E-state index in [-0.39, 0.29) is 5.82 Å². The van der Waals surface area contributed by atoms with Crippen molar-refractivity contribution in [3.8, 4) is 0 Å². The van der Waals surface area contributed by atoms with Crippen LogP contribution < -0.4 is 5.32 Å². The van der Waals surface area contributed by atoms with Gasteiger partial charge in [0.2, 0.25) is 0 Å². The number of rotatable bonds is 0. The number of hydrogen-bond donors (Lipinski definition) is 1. The lowest BCUT2D eigenvalue weighted by Gasteiger charge is -2.24. The van der Waals surface area contributed by atoms with Crippen molar-refractivity contribution in [1.82, 2.24) is 0 Å². The minimum Gasteiger partial charge on any atom is -0.382 e. The fraction of sp³-hybridized carbons (Fsp3) is 0.400. The molecule has 0 aromatic heterocycles. The van der Waals surface area contributed by atoms with Gasteiger partial charge in [-0.25, -0.2) is 4.39 Å². The van der Waals surface area contributed by atoms with Crippen molar-refractivity contribution in [2.45, 2.75) is 25.8 Å². The van der Waals surface area contributed by atoms with Gasteiger partial charge >= 0.3 is 0 Å². The van der Waals surface area contributed by atoms with E-state index < -0.39 is 0 Å². The van der Waals surface area contributed by atoms with Gasteiger partial charge in [0, 0.05) is 11.7 Å². The standard InChI is InChI=1S/C10H11BrFN/c1-6-2-3-7-4-8(11)9(12)5-10(7)13-6/h4-6,13H,2-3H2,1H3. The quantitative estimate of drug-likeness (QED) is 0.738. The minimum atomic E-state index is -0.194. The first-order valence-electron chi connectivity index (χ1n) is 4.41. The summed E-state index contributed by atoms with van der Waals surface area (Å²) in [5.41, 5.74) is 2.14. The van der Waals surface area contributed by atoms with E-state index in [9.17, 15) is 4.39 Å². The molecule has 1 aliphatic rings. The Morgan fingerprint density at radius 1 is 1.54 bits per heavy atom. The predicted molar refractivity (Wildman–Crippen MR) is 55.5 cm³/mol. The molecule has 70 valence electrons. The van der Waals surface area contributed by atoms with Crippen molar-refractivity contribution >= 4 is 21.6 Å². The topological polar surface area (TPSA) is 12.0 Å². The molecule has 1 N–H and O–H groups in total. The summed E-state index contributed by atoms with van der Waals surface area (Å²) < 4.78 is 13.7. The third kappa shape index (κ3) is 1.70. The van der Waals surface area contributed by atoms with Gasteiger partial charge < -0.3 is 5.32 Å². The van der Waals surface area contributed by atoms with Crippen molar-refractivity contribution < 1.29 is 4.39 Å². The highest BCUT2D eigenvalue weighted by Gasteiger charge is 2.15. The van der Waals surface area contributed by atoms with E-state index in [4.69, 9.17) is 0 Å². The zero-order valence-corrected chi connectivity index (χ0v) is 8.99. The summed E-state index contributed by atoms with van der Waals surface area (Å²) in [6.45, 7) is 2.11. The Kier molecular flexibility index (Phi) is 2.28. The Balaban J connectivity index is 2.43. The van der Waals surface area contributed by atoms with E-state index in [0.29, 0.717) is 10.5 Å². The highest BCUT2D eigenvalue weighted by molar-refractivity contribution is 9.10. The van der Waals surface area contributed by atoms with Crippen LogP contribution in [-0.4, -0.2) is 6.04 Å². The summed E-state index contributed by atoms with van der Waals surface area (Å²) in [6, 6.07) is 3.88. The fourth-order valence-corrected chi connectivity index (χ4v) is 2.03. The molecule has 1 aliphatic heterocycles. The van der Waals surface area contributed by atoms with Gasteiger partial charge in [-0.1, -0.05) is 0 Å².